The average Bonchev–Trinajstić information content (AvgIpc) is 3.08. The maximum absolute atomic E-state index is 11.7. The van der Waals surface area contributed by atoms with Gasteiger partial charge in [-0.1, -0.05) is 67.6 Å². The summed E-state index contributed by atoms with van der Waals surface area (Å²) in [6.45, 7) is 5.41. The minimum Gasteiger partial charge on any atom is -0.380 e. The Hall–Kier alpha value is -1.64. The SMILES string of the molecule is C[C@H](CN1CCCC1)C(O)(c1ccccc1)c1ccccc1. The zero-order valence-corrected chi connectivity index (χ0v) is 13.3. The van der Waals surface area contributed by atoms with E-state index >= 15 is 0 Å². The normalized spacial score (nSPS) is 17.5. The second-order valence-electron chi connectivity index (χ2n) is 6.41. The fourth-order valence-electron chi connectivity index (χ4n) is 3.60. The molecule has 1 aliphatic heterocycles. The molecule has 22 heavy (non-hydrogen) atoms. The van der Waals surface area contributed by atoms with Crippen LogP contribution in [0, 0.1) is 5.92 Å². The minimum absolute atomic E-state index is 0.135. The Morgan fingerprint density at radius 3 is 1.82 bits per heavy atom. The summed E-state index contributed by atoms with van der Waals surface area (Å²) < 4.78 is 0. The van der Waals surface area contributed by atoms with E-state index in [1.165, 1.54) is 12.8 Å². The van der Waals surface area contributed by atoms with E-state index in [-0.39, 0.29) is 5.92 Å². The molecule has 116 valence electrons. The molecule has 0 unspecified atom stereocenters. The lowest BCUT2D eigenvalue weighted by molar-refractivity contribution is 0.0104. The summed E-state index contributed by atoms with van der Waals surface area (Å²) in [5, 5.41) is 11.7. The number of nitrogens with zero attached hydrogens (tertiary/aromatic N) is 1. The van der Waals surface area contributed by atoms with E-state index in [1.54, 1.807) is 0 Å². The predicted molar refractivity (Wildman–Crippen MR) is 90.7 cm³/mol. The van der Waals surface area contributed by atoms with Crippen LogP contribution in [-0.2, 0) is 5.60 Å². The molecule has 1 heterocycles. The molecule has 0 aromatic heterocycles. The molecule has 2 heteroatoms. The molecule has 3 rings (SSSR count). The van der Waals surface area contributed by atoms with Crippen molar-refractivity contribution in [2.45, 2.75) is 25.4 Å². The van der Waals surface area contributed by atoms with Crippen molar-refractivity contribution >= 4 is 0 Å². The van der Waals surface area contributed by atoms with Gasteiger partial charge in [-0.15, -0.1) is 0 Å². The van der Waals surface area contributed by atoms with E-state index in [9.17, 15) is 5.11 Å². The molecule has 1 aliphatic rings. The predicted octanol–water partition coefficient (Wildman–Crippen LogP) is 3.65. The molecule has 0 radical (unpaired) electrons. The van der Waals surface area contributed by atoms with Gasteiger partial charge < -0.3 is 10.0 Å². The van der Waals surface area contributed by atoms with Gasteiger partial charge in [0.05, 0.1) is 0 Å². The Labute approximate surface area is 133 Å². The monoisotopic (exact) mass is 295 g/mol. The molecule has 1 saturated heterocycles. The molecule has 1 N–H and O–H groups in total. The maximum atomic E-state index is 11.7. The van der Waals surface area contributed by atoms with Crippen molar-refractivity contribution in [2.24, 2.45) is 5.92 Å². The van der Waals surface area contributed by atoms with Crippen LogP contribution in [0.4, 0.5) is 0 Å². The molecule has 0 amide bonds. The van der Waals surface area contributed by atoms with Crippen molar-refractivity contribution in [3.63, 3.8) is 0 Å². The van der Waals surface area contributed by atoms with E-state index in [2.05, 4.69) is 11.8 Å². The first-order chi connectivity index (χ1) is 10.7. The second kappa shape index (κ2) is 6.64. The highest BCUT2D eigenvalue weighted by molar-refractivity contribution is 5.36. The molecule has 0 saturated carbocycles. The standard InChI is InChI=1S/C20H25NO/c1-17(16-21-14-8-9-15-21)20(22,18-10-4-2-5-11-18)19-12-6-3-7-13-19/h2-7,10-13,17,22H,8-9,14-16H2,1H3/t17-/m1/s1. The van der Waals surface area contributed by atoms with Crippen molar-refractivity contribution in [3.05, 3.63) is 71.8 Å². The largest absolute Gasteiger partial charge is 0.380 e. The van der Waals surface area contributed by atoms with Gasteiger partial charge in [0.2, 0.25) is 0 Å². The first-order valence-corrected chi connectivity index (χ1v) is 8.27. The van der Waals surface area contributed by atoms with Gasteiger partial charge in [-0.3, -0.25) is 0 Å². The Bertz CT molecular complexity index is 536. The minimum atomic E-state index is -0.939. The van der Waals surface area contributed by atoms with E-state index < -0.39 is 5.60 Å². The third-order valence-electron chi connectivity index (χ3n) is 4.87. The maximum Gasteiger partial charge on any atom is 0.118 e. The van der Waals surface area contributed by atoms with E-state index in [4.69, 9.17) is 0 Å². The van der Waals surface area contributed by atoms with Crippen LogP contribution in [0.3, 0.4) is 0 Å². The number of aliphatic hydroxyl groups is 1. The van der Waals surface area contributed by atoms with Crippen molar-refractivity contribution in [2.75, 3.05) is 19.6 Å². The molecule has 1 fully saturated rings. The van der Waals surface area contributed by atoms with Crippen LogP contribution >= 0.6 is 0 Å². The number of hydrogen-bond acceptors (Lipinski definition) is 2. The average molecular weight is 295 g/mol. The van der Waals surface area contributed by atoms with Crippen molar-refractivity contribution < 1.29 is 5.11 Å². The van der Waals surface area contributed by atoms with Crippen molar-refractivity contribution in [3.8, 4) is 0 Å². The van der Waals surface area contributed by atoms with Crippen LogP contribution in [0.5, 0.6) is 0 Å². The fraction of sp³-hybridized carbons (Fsp3) is 0.400. The Kier molecular flexibility index (Phi) is 4.60. The zero-order valence-electron chi connectivity index (χ0n) is 13.3. The molecular formula is C20H25NO. The summed E-state index contributed by atoms with van der Waals surface area (Å²) in [5.41, 5.74) is 1.02. The van der Waals surface area contributed by atoms with E-state index in [1.807, 2.05) is 60.7 Å². The lowest BCUT2D eigenvalue weighted by Crippen LogP contribution is -2.41. The number of rotatable bonds is 5. The lowest BCUT2D eigenvalue weighted by Gasteiger charge is -2.37. The molecule has 0 spiro atoms. The molecule has 2 nitrogen and oxygen atoms in total. The van der Waals surface area contributed by atoms with Gasteiger partial charge in [-0.25, -0.2) is 0 Å². The summed E-state index contributed by atoms with van der Waals surface area (Å²) in [5.74, 6) is 0.135. The zero-order chi connectivity index (χ0) is 15.4. The molecule has 0 bridgehead atoms. The molecule has 0 aliphatic carbocycles. The summed E-state index contributed by atoms with van der Waals surface area (Å²) in [4.78, 5) is 2.47. The van der Waals surface area contributed by atoms with Gasteiger partial charge in [0.1, 0.15) is 5.60 Å². The highest BCUT2D eigenvalue weighted by atomic mass is 16.3. The highest BCUT2D eigenvalue weighted by Gasteiger charge is 2.38. The van der Waals surface area contributed by atoms with Crippen LogP contribution in [-0.4, -0.2) is 29.6 Å². The molecule has 2 aromatic carbocycles. The first kappa shape index (κ1) is 15.3. The third kappa shape index (κ3) is 2.94. The van der Waals surface area contributed by atoms with E-state index in [0.29, 0.717) is 0 Å². The highest BCUT2D eigenvalue weighted by Crippen LogP contribution is 2.37. The molecular weight excluding hydrogens is 270 g/mol. The topological polar surface area (TPSA) is 23.5 Å². The van der Waals surface area contributed by atoms with E-state index in [0.717, 1.165) is 30.8 Å². The Balaban J connectivity index is 1.95. The van der Waals surface area contributed by atoms with Crippen LogP contribution < -0.4 is 0 Å². The van der Waals surface area contributed by atoms with Crippen LogP contribution in [0.15, 0.2) is 60.7 Å². The summed E-state index contributed by atoms with van der Waals surface area (Å²) in [7, 11) is 0. The second-order valence-corrected chi connectivity index (χ2v) is 6.41. The number of likely N-dealkylation sites (tertiary alicyclic amines) is 1. The van der Waals surface area contributed by atoms with Gasteiger partial charge in [-0.05, 0) is 37.1 Å². The van der Waals surface area contributed by atoms with Crippen LogP contribution in [0.25, 0.3) is 0 Å². The van der Waals surface area contributed by atoms with Gasteiger partial charge >= 0.3 is 0 Å². The lowest BCUT2D eigenvalue weighted by atomic mass is 9.76. The third-order valence-corrected chi connectivity index (χ3v) is 4.87. The fourth-order valence-corrected chi connectivity index (χ4v) is 3.60. The Morgan fingerprint density at radius 1 is 0.909 bits per heavy atom. The summed E-state index contributed by atoms with van der Waals surface area (Å²) in [6, 6.07) is 20.2. The smallest absolute Gasteiger partial charge is 0.118 e. The first-order valence-electron chi connectivity index (χ1n) is 8.27. The molecule has 1 atom stereocenters. The number of hydrogen-bond donors (Lipinski definition) is 1. The van der Waals surface area contributed by atoms with Gasteiger partial charge in [0, 0.05) is 12.5 Å². The number of benzene rings is 2. The van der Waals surface area contributed by atoms with Gasteiger partial charge in [0.15, 0.2) is 0 Å². The van der Waals surface area contributed by atoms with Crippen LogP contribution in [0.2, 0.25) is 0 Å². The van der Waals surface area contributed by atoms with Gasteiger partial charge in [-0.2, -0.15) is 0 Å². The van der Waals surface area contributed by atoms with Crippen molar-refractivity contribution in [1.82, 2.24) is 4.90 Å². The Morgan fingerprint density at radius 2 is 1.36 bits per heavy atom. The van der Waals surface area contributed by atoms with Crippen molar-refractivity contribution in [1.29, 1.82) is 0 Å². The molecule has 2 aromatic rings. The van der Waals surface area contributed by atoms with Crippen LogP contribution in [0.1, 0.15) is 30.9 Å². The summed E-state index contributed by atoms with van der Waals surface area (Å²) >= 11 is 0. The quantitative estimate of drug-likeness (QED) is 0.910. The summed E-state index contributed by atoms with van der Waals surface area (Å²) in [6.07, 6.45) is 2.56. The van der Waals surface area contributed by atoms with Gasteiger partial charge in [0.25, 0.3) is 0 Å².